The normalized spacial score (nSPS) is 11.5. The van der Waals surface area contributed by atoms with Crippen molar-refractivity contribution < 1.29 is 14.4 Å². The molecule has 226 valence electrons. The minimum atomic E-state index is -0.990. The first-order chi connectivity index (χ1) is 18.9. The first kappa shape index (κ1) is 35.1. The van der Waals surface area contributed by atoms with E-state index < -0.39 is 5.97 Å². The molecule has 6 nitrogen and oxygen atoms in total. The summed E-state index contributed by atoms with van der Waals surface area (Å²) in [6.45, 7) is 8.21. The van der Waals surface area contributed by atoms with Crippen LogP contribution in [0.5, 0.6) is 0 Å². The Labute approximate surface area is 241 Å². The first-order valence-corrected chi connectivity index (χ1v) is 16.2. The van der Waals surface area contributed by atoms with Crippen LogP contribution in [-0.2, 0) is 4.79 Å². The number of quaternary nitrogens is 1. The third-order valence-corrected chi connectivity index (χ3v) is 7.48. The summed E-state index contributed by atoms with van der Waals surface area (Å²) in [6, 6.07) is 6.64. The number of carbonyl (C=O) groups excluding carboxylic acids is 1. The Morgan fingerprint density at radius 2 is 0.923 bits per heavy atom. The van der Waals surface area contributed by atoms with E-state index in [1.807, 2.05) is 14.1 Å². The molecule has 0 amide bonds. The molecular weight excluding hydrogens is 484 g/mol. The molecule has 0 heterocycles. The standard InChI is InChI=1S/C33H62N4O2/c1-5-7-9-11-13-15-17-19-22-34-30-26-31(35-23-20-18-16-14-12-10-8-6-2)28-32(27-30)36-24-21-25-37(3,4)29-33(38)39/h26-28,34-36H,5-25,29H2,1-4H3. The van der Waals surface area contributed by atoms with Crippen LogP contribution < -0.4 is 21.1 Å². The number of rotatable bonds is 27. The minimum absolute atomic E-state index is 0.0466. The van der Waals surface area contributed by atoms with Crippen LogP contribution in [0.1, 0.15) is 123 Å². The second-order valence-electron chi connectivity index (χ2n) is 12.1. The lowest BCUT2D eigenvalue weighted by molar-refractivity contribution is -0.884. The molecular formula is C33H62N4O2. The average Bonchev–Trinajstić information content (AvgIpc) is 2.88. The second kappa shape index (κ2) is 22.8. The van der Waals surface area contributed by atoms with E-state index in [0.717, 1.165) is 49.7 Å². The zero-order valence-corrected chi connectivity index (χ0v) is 26.1. The van der Waals surface area contributed by atoms with Gasteiger partial charge in [-0.25, -0.2) is 0 Å². The molecule has 0 saturated carbocycles. The van der Waals surface area contributed by atoms with Crippen molar-refractivity contribution in [1.82, 2.24) is 0 Å². The summed E-state index contributed by atoms with van der Waals surface area (Å²) in [7, 11) is 3.89. The number of hydrogen-bond acceptors (Lipinski definition) is 5. The molecule has 6 heteroatoms. The molecule has 0 atom stereocenters. The Kier molecular flexibility index (Phi) is 20.5. The molecule has 0 spiro atoms. The van der Waals surface area contributed by atoms with Crippen molar-refractivity contribution in [3.05, 3.63) is 18.2 Å². The maximum Gasteiger partial charge on any atom is 0.119 e. The van der Waals surface area contributed by atoms with Gasteiger partial charge in [0.15, 0.2) is 0 Å². The maximum absolute atomic E-state index is 11.0. The van der Waals surface area contributed by atoms with Gasteiger partial charge >= 0.3 is 0 Å². The van der Waals surface area contributed by atoms with Gasteiger partial charge in [0.05, 0.1) is 26.6 Å². The molecule has 1 aromatic carbocycles. The number of aliphatic carboxylic acids is 1. The van der Waals surface area contributed by atoms with E-state index in [4.69, 9.17) is 0 Å². The highest BCUT2D eigenvalue weighted by atomic mass is 16.4. The number of nitrogens with one attached hydrogen (secondary N) is 3. The Hall–Kier alpha value is -1.95. The van der Waals surface area contributed by atoms with Gasteiger partial charge in [0, 0.05) is 43.1 Å². The third-order valence-electron chi connectivity index (χ3n) is 7.48. The number of unbranched alkanes of at least 4 members (excludes halogenated alkanes) is 14. The van der Waals surface area contributed by atoms with Gasteiger partial charge in [0.25, 0.3) is 0 Å². The van der Waals surface area contributed by atoms with Gasteiger partial charge < -0.3 is 30.3 Å². The SMILES string of the molecule is CCCCCCCCCCNc1cc(NCCCCCCCCCC)cc(NCCC[N+](C)(C)CC(=O)[O-])c1. The number of benzene rings is 1. The van der Waals surface area contributed by atoms with E-state index in [1.54, 1.807) is 0 Å². The van der Waals surface area contributed by atoms with Gasteiger partial charge in [-0.1, -0.05) is 104 Å². The van der Waals surface area contributed by atoms with Gasteiger partial charge in [-0.15, -0.1) is 0 Å². The number of likely N-dealkylation sites (N-methyl/N-ethyl adjacent to an activating group) is 1. The van der Waals surface area contributed by atoms with Crippen LogP contribution in [0.4, 0.5) is 17.1 Å². The van der Waals surface area contributed by atoms with Crippen LogP contribution in [0.3, 0.4) is 0 Å². The van der Waals surface area contributed by atoms with Crippen molar-refractivity contribution in [2.24, 2.45) is 0 Å². The molecule has 0 aliphatic carbocycles. The fraction of sp³-hybridized carbons (Fsp3) is 0.788. The highest BCUT2D eigenvalue weighted by molar-refractivity contribution is 5.67. The van der Waals surface area contributed by atoms with Crippen molar-refractivity contribution in [3.8, 4) is 0 Å². The maximum atomic E-state index is 11.0. The largest absolute Gasteiger partial charge is 0.544 e. The summed E-state index contributed by atoms with van der Waals surface area (Å²) in [5, 5.41) is 21.9. The topological polar surface area (TPSA) is 76.2 Å². The molecule has 0 aliphatic rings. The highest BCUT2D eigenvalue weighted by Crippen LogP contribution is 2.23. The van der Waals surface area contributed by atoms with Crippen molar-refractivity contribution in [3.63, 3.8) is 0 Å². The lowest BCUT2D eigenvalue weighted by atomic mass is 10.1. The fourth-order valence-electron chi connectivity index (χ4n) is 5.09. The molecule has 3 N–H and O–H groups in total. The third kappa shape index (κ3) is 20.6. The van der Waals surface area contributed by atoms with Crippen LogP contribution in [-0.4, -0.2) is 57.3 Å². The van der Waals surface area contributed by atoms with Crippen LogP contribution >= 0.6 is 0 Å². The van der Waals surface area contributed by atoms with Crippen molar-refractivity contribution in [1.29, 1.82) is 0 Å². The highest BCUT2D eigenvalue weighted by Gasteiger charge is 2.14. The number of carboxylic acid groups (broad SMARTS) is 1. The van der Waals surface area contributed by atoms with Gasteiger partial charge in [0.2, 0.25) is 0 Å². The van der Waals surface area contributed by atoms with Crippen LogP contribution in [0.2, 0.25) is 0 Å². The Bertz CT molecular complexity index is 698. The Morgan fingerprint density at radius 3 is 1.28 bits per heavy atom. The molecule has 1 rings (SSSR count). The molecule has 0 aromatic heterocycles. The minimum Gasteiger partial charge on any atom is -0.544 e. The van der Waals surface area contributed by atoms with E-state index in [2.05, 4.69) is 48.0 Å². The number of carbonyl (C=O) groups is 1. The predicted octanol–water partition coefficient (Wildman–Crippen LogP) is 7.42. The summed E-state index contributed by atoms with van der Waals surface area (Å²) in [6.07, 6.45) is 22.2. The first-order valence-electron chi connectivity index (χ1n) is 16.2. The van der Waals surface area contributed by atoms with Gasteiger partial charge in [0.1, 0.15) is 6.54 Å². The van der Waals surface area contributed by atoms with Crippen molar-refractivity contribution >= 4 is 23.0 Å². The van der Waals surface area contributed by atoms with Gasteiger partial charge in [-0.3, -0.25) is 0 Å². The summed E-state index contributed by atoms with van der Waals surface area (Å²) in [5.74, 6) is -0.990. The quantitative estimate of drug-likeness (QED) is 0.0791. The van der Waals surface area contributed by atoms with E-state index >= 15 is 0 Å². The van der Waals surface area contributed by atoms with Crippen LogP contribution in [0.25, 0.3) is 0 Å². The molecule has 0 saturated heterocycles. The molecule has 0 bridgehead atoms. The lowest BCUT2D eigenvalue weighted by Crippen LogP contribution is -2.49. The smallest absolute Gasteiger partial charge is 0.119 e. The Balaban J connectivity index is 2.50. The monoisotopic (exact) mass is 546 g/mol. The summed E-state index contributed by atoms with van der Waals surface area (Å²) >= 11 is 0. The van der Waals surface area contributed by atoms with Crippen molar-refractivity contribution in [2.75, 3.05) is 62.8 Å². The molecule has 0 unspecified atom stereocenters. The number of hydrogen-bond donors (Lipinski definition) is 3. The van der Waals surface area contributed by atoms with Gasteiger partial charge in [-0.05, 0) is 31.0 Å². The fourth-order valence-corrected chi connectivity index (χ4v) is 5.09. The zero-order chi connectivity index (χ0) is 28.6. The molecule has 39 heavy (non-hydrogen) atoms. The second-order valence-corrected chi connectivity index (χ2v) is 12.1. The van der Waals surface area contributed by atoms with Crippen LogP contribution in [0.15, 0.2) is 18.2 Å². The number of nitrogens with zero attached hydrogens (tertiary/aromatic N) is 1. The zero-order valence-electron chi connectivity index (χ0n) is 26.1. The summed E-state index contributed by atoms with van der Waals surface area (Å²) in [5.41, 5.74) is 3.43. The summed E-state index contributed by atoms with van der Waals surface area (Å²) < 4.78 is 0.440. The molecule has 0 aliphatic heterocycles. The lowest BCUT2D eigenvalue weighted by Gasteiger charge is -2.30. The number of anilines is 3. The van der Waals surface area contributed by atoms with Gasteiger partial charge in [-0.2, -0.15) is 0 Å². The molecule has 0 fully saturated rings. The molecule has 1 aromatic rings. The van der Waals surface area contributed by atoms with E-state index in [9.17, 15) is 9.90 Å². The van der Waals surface area contributed by atoms with E-state index in [1.165, 1.54) is 103 Å². The van der Waals surface area contributed by atoms with Crippen LogP contribution in [0, 0.1) is 0 Å². The number of carboxylic acids is 1. The molecule has 0 radical (unpaired) electrons. The van der Waals surface area contributed by atoms with Crippen molar-refractivity contribution in [2.45, 2.75) is 123 Å². The predicted molar refractivity (Wildman–Crippen MR) is 169 cm³/mol. The van der Waals surface area contributed by atoms with E-state index in [-0.39, 0.29) is 6.54 Å². The van der Waals surface area contributed by atoms with E-state index in [0.29, 0.717) is 4.48 Å². The summed E-state index contributed by atoms with van der Waals surface area (Å²) in [4.78, 5) is 11.0. The average molecular weight is 547 g/mol. The Morgan fingerprint density at radius 1 is 0.590 bits per heavy atom.